The number of rotatable bonds is 6. The molecule has 6 nitrogen and oxygen atoms in total. The summed E-state index contributed by atoms with van der Waals surface area (Å²) < 4.78 is 39.9. The molecule has 0 fully saturated rings. The molecule has 0 saturated carbocycles. The minimum absolute atomic E-state index is 0.0689. The summed E-state index contributed by atoms with van der Waals surface area (Å²) in [5.74, 6) is 1.04. The lowest BCUT2D eigenvalue weighted by Crippen LogP contribution is -2.37. The molecule has 0 amide bonds. The molecular weight excluding hydrogens is 420 g/mol. The molecule has 2 aromatic carbocycles. The van der Waals surface area contributed by atoms with Gasteiger partial charge in [0.05, 0.1) is 10.9 Å². The van der Waals surface area contributed by atoms with Crippen LogP contribution in [0.1, 0.15) is 16.5 Å². The van der Waals surface area contributed by atoms with Crippen molar-refractivity contribution in [3.63, 3.8) is 0 Å². The molecule has 0 spiro atoms. The van der Waals surface area contributed by atoms with Gasteiger partial charge in [0.25, 0.3) is 0 Å². The van der Waals surface area contributed by atoms with Gasteiger partial charge in [-0.2, -0.15) is 0 Å². The fraction of sp³-hybridized carbons (Fsp3) is 0.273. The number of fused-ring (bicyclic) bond motifs is 2. The number of benzene rings is 2. The van der Waals surface area contributed by atoms with Crippen molar-refractivity contribution in [3.8, 4) is 11.5 Å². The van der Waals surface area contributed by atoms with Crippen molar-refractivity contribution < 1.29 is 17.9 Å². The second-order valence-corrected chi connectivity index (χ2v) is 10.0. The smallest absolute Gasteiger partial charge is 0.240 e. The Morgan fingerprint density at radius 3 is 2.70 bits per heavy atom. The van der Waals surface area contributed by atoms with Gasteiger partial charge in [-0.15, -0.1) is 11.3 Å². The van der Waals surface area contributed by atoms with Gasteiger partial charge in [-0.1, -0.05) is 24.3 Å². The quantitative estimate of drug-likeness (QED) is 0.632. The van der Waals surface area contributed by atoms with E-state index in [0.717, 1.165) is 17.8 Å². The minimum atomic E-state index is -3.69. The van der Waals surface area contributed by atoms with Gasteiger partial charge >= 0.3 is 0 Å². The van der Waals surface area contributed by atoms with E-state index in [-0.39, 0.29) is 17.5 Å². The molecule has 2 aliphatic rings. The van der Waals surface area contributed by atoms with Gasteiger partial charge in [0.1, 0.15) is 13.2 Å². The van der Waals surface area contributed by atoms with E-state index in [2.05, 4.69) is 27.8 Å². The lowest BCUT2D eigenvalue weighted by molar-refractivity contribution is 0.171. The first-order valence-electron chi connectivity index (χ1n) is 9.89. The molecular formula is C22H22N2O4S2. The van der Waals surface area contributed by atoms with Gasteiger partial charge < -0.3 is 14.4 Å². The molecule has 3 aromatic rings. The Morgan fingerprint density at radius 1 is 1.03 bits per heavy atom. The van der Waals surface area contributed by atoms with Crippen molar-refractivity contribution in [3.05, 3.63) is 70.4 Å². The molecule has 1 N–H and O–H groups in total. The molecule has 1 atom stereocenters. The average Bonchev–Trinajstić information content (AvgIpc) is 3.45. The van der Waals surface area contributed by atoms with E-state index in [4.69, 9.17) is 9.47 Å². The van der Waals surface area contributed by atoms with Gasteiger partial charge in [-0.25, -0.2) is 13.1 Å². The number of anilines is 1. The molecule has 0 unspecified atom stereocenters. The molecule has 0 bridgehead atoms. The molecule has 156 valence electrons. The van der Waals surface area contributed by atoms with Crippen LogP contribution in [0, 0.1) is 0 Å². The van der Waals surface area contributed by atoms with E-state index < -0.39 is 10.0 Å². The Hall–Kier alpha value is -2.55. The highest BCUT2D eigenvalue weighted by Crippen LogP contribution is 2.37. The fourth-order valence-corrected chi connectivity index (χ4v) is 5.89. The Labute approximate surface area is 180 Å². The van der Waals surface area contributed by atoms with E-state index in [1.54, 1.807) is 23.5 Å². The van der Waals surface area contributed by atoms with Crippen LogP contribution in [0.3, 0.4) is 0 Å². The van der Waals surface area contributed by atoms with Crippen molar-refractivity contribution in [1.29, 1.82) is 0 Å². The van der Waals surface area contributed by atoms with Crippen LogP contribution in [0.5, 0.6) is 11.5 Å². The average molecular weight is 443 g/mol. The summed E-state index contributed by atoms with van der Waals surface area (Å²) in [6.07, 6.45) is 0.965. The maximum Gasteiger partial charge on any atom is 0.240 e. The number of nitrogens with zero attached hydrogens (tertiary/aromatic N) is 1. The first kappa shape index (κ1) is 19.4. The van der Waals surface area contributed by atoms with Gasteiger partial charge in [0.2, 0.25) is 10.0 Å². The molecule has 5 rings (SSSR count). The van der Waals surface area contributed by atoms with Crippen molar-refractivity contribution >= 4 is 27.0 Å². The first-order valence-corrected chi connectivity index (χ1v) is 12.3. The summed E-state index contributed by atoms with van der Waals surface area (Å²) in [6, 6.07) is 17.1. The highest BCUT2D eigenvalue weighted by molar-refractivity contribution is 7.89. The number of nitrogens with one attached hydrogen (secondary N) is 1. The van der Waals surface area contributed by atoms with Crippen molar-refractivity contribution in [2.45, 2.75) is 17.4 Å². The van der Waals surface area contributed by atoms with Crippen LogP contribution in [-0.2, 0) is 16.4 Å². The first-order chi connectivity index (χ1) is 14.6. The third kappa shape index (κ3) is 3.66. The molecule has 2 aliphatic heterocycles. The summed E-state index contributed by atoms with van der Waals surface area (Å²) in [4.78, 5) is 3.61. The summed E-state index contributed by atoms with van der Waals surface area (Å²) >= 11 is 1.64. The van der Waals surface area contributed by atoms with E-state index in [1.165, 1.54) is 17.3 Å². The van der Waals surface area contributed by atoms with Crippen LogP contribution in [0.25, 0.3) is 0 Å². The molecule has 8 heteroatoms. The third-order valence-electron chi connectivity index (χ3n) is 5.46. The van der Waals surface area contributed by atoms with Crippen LogP contribution >= 0.6 is 11.3 Å². The maximum absolute atomic E-state index is 13.0. The van der Waals surface area contributed by atoms with Crippen LogP contribution < -0.4 is 19.1 Å². The number of hydrogen-bond acceptors (Lipinski definition) is 6. The molecule has 0 saturated heterocycles. The van der Waals surface area contributed by atoms with E-state index >= 15 is 0 Å². The van der Waals surface area contributed by atoms with Gasteiger partial charge in [-0.3, -0.25) is 0 Å². The molecule has 1 aromatic heterocycles. The SMILES string of the molecule is O=S(=O)(NC[C@@H](c1cccs1)N1CCc2ccccc21)c1ccc2c(c1)OCCO2. The van der Waals surface area contributed by atoms with Crippen LogP contribution in [0.4, 0.5) is 5.69 Å². The van der Waals surface area contributed by atoms with Crippen LogP contribution in [-0.4, -0.2) is 34.7 Å². The summed E-state index contributed by atoms with van der Waals surface area (Å²) in [6.45, 7) is 2.04. The number of para-hydroxylation sites is 1. The highest BCUT2D eigenvalue weighted by atomic mass is 32.2. The topological polar surface area (TPSA) is 67.9 Å². The summed E-state index contributed by atoms with van der Waals surface area (Å²) in [5, 5.41) is 2.03. The Balaban J connectivity index is 1.40. The fourth-order valence-electron chi connectivity index (χ4n) is 4.00. The largest absolute Gasteiger partial charge is 0.486 e. The van der Waals surface area contributed by atoms with Gasteiger partial charge in [0.15, 0.2) is 11.5 Å². The zero-order valence-electron chi connectivity index (χ0n) is 16.3. The van der Waals surface area contributed by atoms with E-state index in [9.17, 15) is 8.42 Å². The van der Waals surface area contributed by atoms with Gasteiger partial charge in [-0.05, 0) is 41.6 Å². The van der Waals surface area contributed by atoms with Crippen LogP contribution in [0.15, 0.2) is 64.9 Å². The summed E-state index contributed by atoms with van der Waals surface area (Å²) in [5.41, 5.74) is 2.48. The van der Waals surface area contributed by atoms with E-state index in [0.29, 0.717) is 24.7 Å². The van der Waals surface area contributed by atoms with Crippen molar-refractivity contribution in [1.82, 2.24) is 4.72 Å². The lowest BCUT2D eigenvalue weighted by atomic mass is 10.1. The molecule has 0 radical (unpaired) electrons. The monoisotopic (exact) mass is 442 g/mol. The Morgan fingerprint density at radius 2 is 1.87 bits per heavy atom. The predicted molar refractivity (Wildman–Crippen MR) is 117 cm³/mol. The third-order valence-corrected chi connectivity index (χ3v) is 7.86. The minimum Gasteiger partial charge on any atom is -0.486 e. The molecule has 3 heterocycles. The number of sulfonamides is 1. The number of thiophene rings is 1. The molecule has 0 aliphatic carbocycles. The maximum atomic E-state index is 13.0. The summed E-state index contributed by atoms with van der Waals surface area (Å²) in [7, 11) is -3.69. The van der Waals surface area contributed by atoms with E-state index in [1.807, 2.05) is 23.6 Å². The molecule has 30 heavy (non-hydrogen) atoms. The lowest BCUT2D eigenvalue weighted by Gasteiger charge is -2.30. The predicted octanol–water partition coefficient (Wildman–Crippen LogP) is 3.60. The standard InChI is InChI=1S/C22H22N2O4S2/c25-30(26,17-7-8-20-21(14-17)28-12-11-27-20)23-15-19(22-6-3-13-29-22)24-10-9-16-4-1-2-5-18(16)24/h1-8,13-14,19,23H,9-12,15H2/t19-/m0/s1. The zero-order valence-corrected chi connectivity index (χ0v) is 17.9. The Kier molecular flexibility index (Phi) is 5.14. The van der Waals surface area contributed by atoms with Crippen molar-refractivity contribution in [2.24, 2.45) is 0 Å². The Bertz CT molecular complexity index is 1150. The number of ether oxygens (including phenoxy) is 2. The van der Waals surface area contributed by atoms with Gasteiger partial charge in [0, 0.05) is 29.7 Å². The normalized spacial score (nSPS) is 16.3. The number of hydrogen-bond donors (Lipinski definition) is 1. The highest BCUT2D eigenvalue weighted by Gasteiger charge is 2.29. The second kappa shape index (κ2) is 7.94. The second-order valence-electron chi connectivity index (χ2n) is 7.26. The zero-order chi connectivity index (χ0) is 20.6. The van der Waals surface area contributed by atoms with Crippen LogP contribution in [0.2, 0.25) is 0 Å². The van der Waals surface area contributed by atoms with Crippen molar-refractivity contribution in [2.75, 3.05) is 31.2 Å².